The van der Waals surface area contributed by atoms with E-state index in [1.54, 1.807) is 0 Å². The van der Waals surface area contributed by atoms with Crippen molar-refractivity contribution < 1.29 is 5.11 Å². The van der Waals surface area contributed by atoms with Gasteiger partial charge >= 0.3 is 0 Å². The summed E-state index contributed by atoms with van der Waals surface area (Å²) in [4.78, 5) is 0. The molecule has 0 aliphatic heterocycles. The van der Waals surface area contributed by atoms with Crippen molar-refractivity contribution in [1.82, 2.24) is 0 Å². The van der Waals surface area contributed by atoms with Crippen LogP contribution in [-0.2, 0) is 0 Å². The van der Waals surface area contributed by atoms with Crippen LogP contribution in [0.3, 0.4) is 0 Å². The molecule has 0 heterocycles. The first kappa shape index (κ1) is 10.3. The highest BCUT2D eigenvalue weighted by molar-refractivity contribution is 5.39. The van der Waals surface area contributed by atoms with Gasteiger partial charge in [-0.1, -0.05) is 24.6 Å². The number of benzene rings is 1. The summed E-state index contributed by atoms with van der Waals surface area (Å²) in [5.41, 5.74) is 5.18. The summed E-state index contributed by atoms with van der Waals surface area (Å²) in [5, 5.41) is 9.11. The quantitative estimate of drug-likeness (QED) is 0.738. The van der Waals surface area contributed by atoms with Crippen molar-refractivity contribution in [3.05, 3.63) is 34.4 Å². The fourth-order valence-corrected chi connectivity index (χ4v) is 2.06. The summed E-state index contributed by atoms with van der Waals surface area (Å²) in [5.74, 6) is 0.251. The van der Waals surface area contributed by atoms with E-state index in [1.807, 2.05) is 0 Å². The van der Waals surface area contributed by atoms with E-state index >= 15 is 0 Å². The van der Waals surface area contributed by atoms with E-state index in [2.05, 4.69) is 39.8 Å². The topological polar surface area (TPSA) is 20.2 Å². The molecular weight excluding hydrogens is 160 g/mol. The van der Waals surface area contributed by atoms with Crippen molar-refractivity contribution in [2.75, 3.05) is 6.61 Å². The van der Waals surface area contributed by atoms with E-state index in [9.17, 15) is 0 Å². The zero-order valence-corrected chi connectivity index (χ0v) is 8.89. The smallest absolute Gasteiger partial charge is 0.0497 e. The van der Waals surface area contributed by atoms with Crippen LogP contribution in [-0.4, -0.2) is 11.7 Å². The lowest BCUT2D eigenvalue weighted by atomic mass is 9.91. The monoisotopic (exact) mass is 178 g/mol. The molecule has 0 fully saturated rings. The third kappa shape index (κ3) is 2.10. The minimum Gasteiger partial charge on any atom is -0.396 e. The maximum atomic E-state index is 9.11. The van der Waals surface area contributed by atoms with Crippen LogP contribution in [0.5, 0.6) is 0 Å². The van der Waals surface area contributed by atoms with Crippen molar-refractivity contribution in [2.24, 2.45) is 0 Å². The van der Waals surface area contributed by atoms with Crippen LogP contribution in [0.15, 0.2) is 12.1 Å². The van der Waals surface area contributed by atoms with Gasteiger partial charge in [0, 0.05) is 12.5 Å². The maximum absolute atomic E-state index is 9.11. The first-order valence-electron chi connectivity index (χ1n) is 4.75. The van der Waals surface area contributed by atoms with Crippen LogP contribution < -0.4 is 0 Å². The Morgan fingerprint density at radius 3 is 2.00 bits per heavy atom. The van der Waals surface area contributed by atoms with Crippen molar-refractivity contribution >= 4 is 0 Å². The molecule has 0 aliphatic carbocycles. The lowest BCUT2D eigenvalue weighted by molar-refractivity contribution is 0.272. The predicted molar refractivity (Wildman–Crippen MR) is 56.2 cm³/mol. The lowest BCUT2D eigenvalue weighted by Crippen LogP contribution is -2.04. The summed E-state index contributed by atoms with van der Waals surface area (Å²) < 4.78 is 0. The Balaban J connectivity index is 3.20. The van der Waals surface area contributed by atoms with Crippen LogP contribution in [0.4, 0.5) is 0 Å². The molecule has 0 saturated heterocycles. The molecule has 0 aliphatic rings. The summed E-state index contributed by atoms with van der Waals surface area (Å²) >= 11 is 0. The van der Waals surface area contributed by atoms with Gasteiger partial charge in [0.2, 0.25) is 0 Å². The summed E-state index contributed by atoms with van der Waals surface area (Å²) in [6, 6.07) is 4.35. The van der Waals surface area contributed by atoms with Crippen molar-refractivity contribution in [3.8, 4) is 0 Å². The third-order valence-electron chi connectivity index (χ3n) is 2.50. The Morgan fingerprint density at radius 2 is 1.62 bits per heavy atom. The Hall–Kier alpha value is -0.820. The Kier molecular flexibility index (Phi) is 3.10. The van der Waals surface area contributed by atoms with Gasteiger partial charge in [0.25, 0.3) is 0 Å². The molecular formula is C12H18O. The highest BCUT2D eigenvalue weighted by atomic mass is 16.3. The molecule has 0 unspecified atom stereocenters. The van der Waals surface area contributed by atoms with E-state index in [4.69, 9.17) is 5.11 Å². The first-order valence-corrected chi connectivity index (χ1v) is 4.75. The molecule has 1 heteroatoms. The number of rotatable bonds is 2. The van der Waals surface area contributed by atoms with E-state index < -0.39 is 0 Å². The molecule has 1 atom stereocenters. The molecule has 0 saturated carbocycles. The second-order valence-corrected chi connectivity index (χ2v) is 3.90. The van der Waals surface area contributed by atoms with Crippen LogP contribution >= 0.6 is 0 Å². The second kappa shape index (κ2) is 3.93. The Bertz CT molecular complexity index is 279. The van der Waals surface area contributed by atoms with Crippen LogP contribution in [0.1, 0.15) is 35.1 Å². The highest BCUT2D eigenvalue weighted by Gasteiger charge is 2.10. The predicted octanol–water partition coefficient (Wildman–Crippen LogP) is 2.71. The van der Waals surface area contributed by atoms with E-state index in [1.165, 1.54) is 22.3 Å². The summed E-state index contributed by atoms with van der Waals surface area (Å²) in [6.07, 6.45) is 0. The van der Waals surface area contributed by atoms with Crippen molar-refractivity contribution in [1.29, 1.82) is 0 Å². The van der Waals surface area contributed by atoms with Crippen LogP contribution in [0.25, 0.3) is 0 Å². The van der Waals surface area contributed by atoms with Gasteiger partial charge in [0.1, 0.15) is 0 Å². The van der Waals surface area contributed by atoms with Crippen LogP contribution in [0, 0.1) is 20.8 Å². The zero-order chi connectivity index (χ0) is 10.0. The largest absolute Gasteiger partial charge is 0.396 e. The standard InChI is InChI=1S/C12H18O/c1-8-5-9(2)12(10(3)6-8)11(4)7-13/h5-6,11,13H,7H2,1-4H3/t11-/m1/s1. The summed E-state index contributed by atoms with van der Waals surface area (Å²) in [6.45, 7) is 8.62. The van der Waals surface area contributed by atoms with Gasteiger partial charge in [-0.3, -0.25) is 0 Å². The number of aliphatic hydroxyl groups is 1. The number of aliphatic hydroxyl groups excluding tert-OH is 1. The second-order valence-electron chi connectivity index (χ2n) is 3.90. The van der Waals surface area contributed by atoms with E-state index in [0.29, 0.717) is 0 Å². The first-order chi connectivity index (χ1) is 6.06. The Labute approximate surface area is 80.4 Å². The highest BCUT2D eigenvalue weighted by Crippen LogP contribution is 2.24. The molecule has 1 aromatic carbocycles. The third-order valence-corrected chi connectivity index (χ3v) is 2.50. The SMILES string of the molecule is Cc1cc(C)c([C@H](C)CO)c(C)c1. The normalized spacial score (nSPS) is 13.0. The molecule has 0 radical (unpaired) electrons. The molecule has 0 bridgehead atoms. The zero-order valence-electron chi connectivity index (χ0n) is 8.89. The molecule has 1 nitrogen and oxygen atoms in total. The average Bonchev–Trinajstić information content (AvgIpc) is 2.02. The van der Waals surface area contributed by atoms with Crippen molar-refractivity contribution in [3.63, 3.8) is 0 Å². The fraction of sp³-hybridized carbons (Fsp3) is 0.500. The molecule has 0 spiro atoms. The van der Waals surface area contributed by atoms with E-state index in [0.717, 1.165) is 0 Å². The van der Waals surface area contributed by atoms with Crippen molar-refractivity contribution in [2.45, 2.75) is 33.6 Å². The molecule has 1 rings (SSSR count). The number of hydrogen-bond acceptors (Lipinski definition) is 1. The summed E-state index contributed by atoms with van der Waals surface area (Å²) in [7, 11) is 0. The lowest BCUT2D eigenvalue weighted by Gasteiger charge is -2.16. The van der Waals surface area contributed by atoms with Gasteiger partial charge in [0.15, 0.2) is 0 Å². The number of aryl methyl sites for hydroxylation is 3. The van der Waals surface area contributed by atoms with Gasteiger partial charge in [0.05, 0.1) is 0 Å². The molecule has 1 aromatic rings. The maximum Gasteiger partial charge on any atom is 0.0497 e. The Morgan fingerprint density at radius 1 is 1.15 bits per heavy atom. The average molecular weight is 178 g/mol. The molecule has 13 heavy (non-hydrogen) atoms. The van der Waals surface area contributed by atoms with Gasteiger partial charge in [-0.2, -0.15) is 0 Å². The van der Waals surface area contributed by atoms with Crippen LogP contribution in [0.2, 0.25) is 0 Å². The minimum atomic E-state index is 0.227. The fourth-order valence-electron chi connectivity index (χ4n) is 2.06. The molecule has 1 N–H and O–H groups in total. The minimum absolute atomic E-state index is 0.227. The molecule has 0 aromatic heterocycles. The van der Waals surface area contributed by atoms with Gasteiger partial charge in [-0.25, -0.2) is 0 Å². The number of hydrogen-bond donors (Lipinski definition) is 1. The molecule has 72 valence electrons. The van der Waals surface area contributed by atoms with Gasteiger partial charge in [-0.05, 0) is 37.5 Å². The molecule has 0 amide bonds. The van der Waals surface area contributed by atoms with Gasteiger partial charge in [-0.15, -0.1) is 0 Å². The van der Waals surface area contributed by atoms with E-state index in [-0.39, 0.29) is 12.5 Å². The van der Waals surface area contributed by atoms with Gasteiger partial charge < -0.3 is 5.11 Å².